The summed E-state index contributed by atoms with van der Waals surface area (Å²) in [6, 6.07) is -0.499. The zero-order valence-electron chi connectivity index (χ0n) is 6.24. The van der Waals surface area contributed by atoms with E-state index in [9.17, 15) is 4.79 Å². The fourth-order valence-corrected chi connectivity index (χ4v) is 0.939. The van der Waals surface area contributed by atoms with Crippen molar-refractivity contribution in [2.24, 2.45) is 0 Å². The molecule has 0 fully saturated rings. The first kappa shape index (κ1) is 7.87. The van der Waals surface area contributed by atoms with Crippen LogP contribution in [0.5, 0.6) is 0 Å². The van der Waals surface area contributed by atoms with Crippen molar-refractivity contribution in [2.45, 2.75) is 19.4 Å². The number of carbonyl (C=O) groups is 1. The van der Waals surface area contributed by atoms with Crippen LogP contribution in [0.4, 0.5) is 0 Å². The van der Waals surface area contributed by atoms with Crippen LogP contribution in [0.2, 0.25) is 0 Å². The van der Waals surface area contributed by atoms with Crippen LogP contribution < -0.4 is 11.0 Å². The van der Waals surface area contributed by atoms with Gasteiger partial charge in [0.2, 0.25) is 0 Å². The Bertz CT molecular complexity index is 181. The van der Waals surface area contributed by atoms with Gasteiger partial charge in [-0.25, -0.2) is 4.79 Å². The molecule has 5 nitrogen and oxygen atoms in total. The van der Waals surface area contributed by atoms with E-state index in [1.807, 2.05) is 6.92 Å². The molecule has 0 amide bonds. The van der Waals surface area contributed by atoms with Crippen LogP contribution >= 0.6 is 0 Å². The molecule has 0 saturated heterocycles. The minimum absolute atomic E-state index is 0.499. The maximum absolute atomic E-state index is 10.6. The Morgan fingerprint density at radius 2 is 2.55 bits per heavy atom. The predicted octanol–water partition coefficient (Wildman–Crippen LogP) is -0.354. The lowest BCUT2D eigenvalue weighted by Crippen LogP contribution is -2.46. The highest BCUT2D eigenvalue weighted by Gasteiger charge is 2.22. The van der Waals surface area contributed by atoms with Gasteiger partial charge in [-0.1, -0.05) is 6.92 Å². The summed E-state index contributed by atoms with van der Waals surface area (Å²) in [5, 5.41) is 10.2. The van der Waals surface area contributed by atoms with E-state index in [2.05, 4.69) is 11.0 Å². The average Bonchev–Trinajstić information content (AvgIpc) is 2.40. The maximum Gasteiger partial charge on any atom is 0.327 e. The van der Waals surface area contributed by atoms with Gasteiger partial charge in [-0.05, 0) is 6.42 Å². The summed E-state index contributed by atoms with van der Waals surface area (Å²) in [6.07, 6.45) is 3.86. The monoisotopic (exact) mass is 157 g/mol. The molecule has 5 heteroatoms. The highest BCUT2D eigenvalue weighted by atomic mass is 16.4. The van der Waals surface area contributed by atoms with Crippen LogP contribution in [0.15, 0.2) is 12.4 Å². The van der Waals surface area contributed by atoms with E-state index in [0.717, 1.165) is 0 Å². The molecule has 0 aromatic carbocycles. The molecule has 1 unspecified atom stereocenters. The third-order valence-corrected chi connectivity index (χ3v) is 1.52. The molecule has 1 aliphatic rings. The van der Waals surface area contributed by atoms with E-state index in [1.54, 1.807) is 12.4 Å². The van der Waals surface area contributed by atoms with Gasteiger partial charge < -0.3 is 10.5 Å². The van der Waals surface area contributed by atoms with Crippen LogP contribution in [0.1, 0.15) is 13.3 Å². The summed E-state index contributed by atoms with van der Waals surface area (Å²) in [5.74, 6) is -0.826. The molecule has 62 valence electrons. The van der Waals surface area contributed by atoms with Gasteiger partial charge in [-0.2, -0.15) is 0 Å². The summed E-state index contributed by atoms with van der Waals surface area (Å²) in [4.78, 5) is 10.6. The Balaban J connectivity index is 2.54. The number of carboxylic acid groups (broad SMARTS) is 1. The molecule has 1 heterocycles. The SMILES string of the molecule is CCC(C(=O)O)N1C=CNN1. The Hall–Kier alpha value is -1.23. The van der Waals surface area contributed by atoms with Gasteiger partial charge in [0.25, 0.3) is 0 Å². The third-order valence-electron chi connectivity index (χ3n) is 1.52. The molecule has 0 aromatic rings. The third kappa shape index (κ3) is 1.62. The van der Waals surface area contributed by atoms with E-state index in [0.29, 0.717) is 6.42 Å². The van der Waals surface area contributed by atoms with Crippen molar-refractivity contribution in [3.8, 4) is 0 Å². The molecule has 0 aromatic heterocycles. The van der Waals surface area contributed by atoms with Crippen LogP contribution in [-0.4, -0.2) is 22.1 Å². The number of aliphatic carboxylic acids is 1. The molecule has 1 rings (SSSR count). The standard InChI is InChI=1S/C6H11N3O2/c1-2-5(6(10)11)9-4-3-7-8-9/h3-5,7-8H,2H2,1H3,(H,10,11). The normalized spacial score (nSPS) is 18.1. The second-order valence-corrected chi connectivity index (χ2v) is 2.24. The Labute approximate surface area is 64.6 Å². The minimum Gasteiger partial charge on any atom is -0.480 e. The van der Waals surface area contributed by atoms with Crippen molar-refractivity contribution in [2.75, 3.05) is 0 Å². The van der Waals surface area contributed by atoms with Crippen LogP contribution in [0, 0.1) is 0 Å². The Morgan fingerprint density at radius 3 is 2.91 bits per heavy atom. The number of rotatable bonds is 3. The lowest BCUT2D eigenvalue weighted by Gasteiger charge is -2.21. The zero-order valence-corrected chi connectivity index (χ0v) is 6.24. The largest absolute Gasteiger partial charge is 0.480 e. The predicted molar refractivity (Wildman–Crippen MR) is 39.0 cm³/mol. The number of hydrogen-bond donors (Lipinski definition) is 3. The molecule has 0 saturated carbocycles. The average molecular weight is 157 g/mol. The van der Waals surface area contributed by atoms with Crippen molar-refractivity contribution in [3.63, 3.8) is 0 Å². The lowest BCUT2D eigenvalue weighted by atomic mass is 10.2. The van der Waals surface area contributed by atoms with Gasteiger partial charge in [-0.15, -0.1) is 5.53 Å². The molecule has 0 spiro atoms. The maximum atomic E-state index is 10.6. The van der Waals surface area contributed by atoms with Crippen molar-refractivity contribution in [1.82, 2.24) is 16.0 Å². The molecule has 0 radical (unpaired) electrons. The zero-order chi connectivity index (χ0) is 8.27. The van der Waals surface area contributed by atoms with Gasteiger partial charge >= 0.3 is 5.97 Å². The van der Waals surface area contributed by atoms with Crippen LogP contribution in [0.25, 0.3) is 0 Å². The van der Waals surface area contributed by atoms with E-state index < -0.39 is 12.0 Å². The van der Waals surface area contributed by atoms with Gasteiger partial charge in [0.1, 0.15) is 6.04 Å². The van der Waals surface area contributed by atoms with Crippen molar-refractivity contribution in [1.29, 1.82) is 0 Å². The molecule has 1 atom stereocenters. The lowest BCUT2D eigenvalue weighted by molar-refractivity contribution is -0.143. The second-order valence-electron chi connectivity index (χ2n) is 2.24. The van der Waals surface area contributed by atoms with Gasteiger partial charge in [0.05, 0.1) is 0 Å². The van der Waals surface area contributed by atoms with E-state index in [1.165, 1.54) is 5.01 Å². The summed E-state index contributed by atoms with van der Waals surface area (Å²) in [5.41, 5.74) is 5.35. The summed E-state index contributed by atoms with van der Waals surface area (Å²) < 4.78 is 0. The molecule has 11 heavy (non-hydrogen) atoms. The Morgan fingerprint density at radius 1 is 1.82 bits per heavy atom. The number of nitrogens with one attached hydrogen (secondary N) is 2. The molecular weight excluding hydrogens is 146 g/mol. The number of hydrazine groups is 2. The van der Waals surface area contributed by atoms with Gasteiger partial charge in [0.15, 0.2) is 0 Å². The molecule has 0 aliphatic carbocycles. The van der Waals surface area contributed by atoms with Crippen molar-refractivity contribution in [3.05, 3.63) is 12.4 Å². The first-order valence-corrected chi connectivity index (χ1v) is 3.44. The summed E-state index contributed by atoms with van der Waals surface area (Å²) in [7, 11) is 0. The fourth-order valence-electron chi connectivity index (χ4n) is 0.939. The van der Waals surface area contributed by atoms with Crippen LogP contribution in [0.3, 0.4) is 0 Å². The Kier molecular flexibility index (Phi) is 2.32. The van der Waals surface area contributed by atoms with Crippen molar-refractivity contribution < 1.29 is 9.90 Å². The number of hydrogen-bond acceptors (Lipinski definition) is 4. The first-order chi connectivity index (χ1) is 5.25. The molecular formula is C6H11N3O2. The van der Waals surface area contributed by atoms with Crippen molar-refractivity contribution >= 4 is 5.97 Å². The molecule has 3 N–H and O–H groups in total. The van der Waals surface area contributed by atoms with Gasteiger partial charge in [-0.3, -0.25) is 5.01 Å². The first-order valence-electron chi connectivity index (χ1n) is 3.44. The summed E-state index contributed by atoms with van der Waals surface area (Å²) in [6.45, 7) is 1.83. The van der Waals surface area contributed by atoms with Crippen LogP contribution in [-0.2, 0) is 4.79 Å². The summed E-state index contributed by atoms with van der Waals surface area (Å²) >= 11 is 0. The highest BCUT2D eigenvalue weighted by molar-refractivity contribution is 5.73. The fraction of sp³-hybridized carbons (Fsp3) is 0.500. The number of nitrogens with zero attached hydrogens (tertiary/aromatic N) is 1. The topological polar surface area (TPSA) is 64.6 Å². The second kappa shape index (κ2) is 3.25. The smallest absolute Gasteiger partial charge is 0.327 e. The van der Waals surface area contributed by atoms with E-state index >= 15 is 0 Å². The molecule has 0 bridgehead atoms. The molecule has 1 aliphatic heterocycles. The highest BCUT2D eigenvalue weighted by Crippen LogP contribution is 2.03. The number of carboxylic acids is 1. The van der Waals surface area contributed by atoms with E-state index in [4.69, 9.17) is 5.11 Å². The van der Waals surface area contributed by atoms with E-state index in [-0.39, 0.29) is 0 Å². The minimum atomic E-state index is -0.826. The van der Waals surface area contributed by atoms with Gasteiger partial charge in [0, 0.05) is 12.4 Å². The quantitative estimate of drug-likeness (QED) is 0.522.